The van der Waals surface area contributed by atoms with Crippen molar-refractivity contribution in [1.29, 1.82) is 0 Å². The van der Waals surface area contributed by atoms with E-state index in [0.717, 1.165) is 12.0 Å². The third-order valence-corrected chi connectivity index (χ3v) is 2.88. The normalized spacial score (nSPS) is 14.0. The summed E-state index contributed by atoms with van der Waals surface area (Å²) >= 11 is 0. The molecule has 1 rings (SSSR count). The molecule has 0 aromatic carbocycles. The lowest BCUT2D eigenvalue weighted by molar-refractivity contribution is 0.0938. The number of nitrogens with one attached hydrogen (secondary N) is 1. The molecule has 0 saturated heterocycles. The van der Waals surface area contributed by atoms with Crippen molar-refractivity contribution in [2.75, 3.05) is 6.54 Å². The Morgan fingerprint density at radius 3 is 2.83 bits per heavy atom. The van der Waals surface area contributed by atoms with Crippen molar-refractivity contribution >= 4 is 5.91 Å². The van der Waals surface area contributed by atoms with E-state index in [2.05, 4.69) is 10.3 Å². The van der Waals surface area contributed by atoms with Crippen molar-refractivity contribution in [3.05, 3.63) is 29.6 Å². The van der Waals surface area contributed by atoms with Gasteiger partial charge in [0.15, 0.2) is 0 Å². The molecule has 2 N–H and O–H groups in total. The van der Waals surface area contributed by atoms with Crippen molar-refractivity contribution in [2.45, 2.75) is 39.7 Å². The minimum absolute atomic E-state index is 0.0632. The van der Waals surface area contributed by atoms with Crippen molar-refractivity contribution in [3.8, 4) is 0 Å². The molecule has 0 spiro atoms. The molecule has 0 aliphatic carbocycles. The Hall–Kier alpha value is -1.42. The molecule has 0 aliphatic rings. The predicted molar refractivity (Wildman–Crippen MR) is 71.4 cm³/mol. The molecular weight excluding hydrogens is 228 g/mol. The molecule has 0 aliphatic heterocycles. The summed E-state index contributed by atoms with van der Waals surface area (Å²) in [5, 5.41) is 12.2. The first-order valence-electron chi connectivity index (χ1n) is 6.43. The first-order chi connectivity index (χ1) is 8.54. The maximum absolute atomic E-state index is 12.0. The third kappa shape index (κ3) is 4.45. The van der Waals surface area contributed by atoms with E-state index in [1.807, 2.05) is 13.8 Å². The number of nitrogens with zero attached hydrogens (tertiary/aromatic N) is 1. The van der Waals surface area contributed by atoms with Crippen molar-refractivity contribution < 1.29 is 9.90 Å². The average molecular weight is 250 g/mol. The molecule has 4 nitrogen and oxygen atoms in total. The van der Waals surface area contributed by atoms with Gasteiger partial charge < -0.3 is 10.4 Å². The van der Waals surface area contributed by atoms with Gasteiger partial charge in [0.05, 0.1) is 6.10 Å². The van der Waals surface area contributed by atoms with E-state index in [1.54, 1.807) is 25.4 Å². The molecule has 18 heavy (non-hydrogen) atoms. The van der Waals surface area contributed by atoms with Crippen molar-refractivity contribution in [2.24, 2.45) is 5.92 Å². The molecule has 1 heterocycles. The van der Waals surface area contributed by atoms with Gasteiger partial charge in [-0.15, -0.1) is 0 Å². The molecule has 0 radical (unpaired) electrons. The van der Waals surface area contributed by atoms with Crippen LogP contribution in [0.3, 0.4) is 0 Å². The van der Waals surface area contributed by atoms with Crippen LogP contribution in [-0.4, -0.2) is 28.6 Å². The Bertz CT molecular complexity index is 391. The number of carbonyl (C=O) groups is 1. The van der Waals surface area contributed by atoms with Gasteiger partial charge in [-0.25, -0.2) is 0 Å². The van der Waals surface area contributed by atoms with Gasteiger partial charge in [-0.3, -0.25) is 9.78 Å². The first-order valence-corrected chi connectivity index (χ1v) is 6.43. The second-order valence-electron chi connectivity index (χ2n) is 4.79. The number of amides is 1. The molecule has 100 valence electrons. The number of aliphatic hydroxyl groups is 1. The van der Waals surface area contributed by atoms with Gasteiger partial charge in [-0.1, -0.05) is 13.8 Å². The van der Waals surface area contributed by atoms with Crippen LogP contribution in [-0.2, 0) is 6.42 Å². The SMILES string of the molecule is CCc1cnccc1C(=O)NCC(C)CC(C)O. The van der Waals surface area contributed by atoms with Crippen molar-refractivity contribution in [3.63, 3.8) is 0 Å². The highest BCUT2D eigenvalue weighted by atomic mass is 16.3. The Morgan fingerprint density at radius 2 is 2.22 bits per heavy atom. The first kappa shape index (κ1) is 14.6. The van der Waals surface area contributed by atoms with Crippen LogP contribution in [0.15, 0.2) is 18.5 Å². The lowest BCUT2D eigenvalue weighted by atomic mass is 10.0. The highest BCUT2D eigenvalue weighted by molar-refractivity contribution is 5.95. The molecule has 1 aromatic rings. The number of aryl methyl sites for hydroxylation is 1. The monoisotopic (exact) mass is 250 g/mol. The number of hydrogen-bond acceptors (Lipinski definition) is 3. The van der Waals surface area contributed by atoms with Gasteiger partial charge >= 0.3 is 0 Å². The second kappa shape index (κ2) is 7.11. The minimum Gasteiger partial charge on any atom is -0.393 e. The maximum atomic E-state index is 12.0. The van der Waals surface area contributed by atoms with Gasteiger partial charge in [0.25, 0.3) is 5.91 Å². The zero-order valence-corrected chi connectivity index (χ0v) is 11.3. The summed E-state index contributed by atoms with van der Waals surface area (Å²) in [5.41, 5.74) is 1.65. The van der Waals surface area contributed by atoms with Crippen LogP contribution in [0.1, 0.15) is 43.1 Å². The van der Waals surface area contributed by atoms with E-state index in [4.69, 9.17) is 0 Å². The molecule has 0 fully saturated rings. The number of pyridine rings is 1. The van der Waals surface area contributed by atoms with Gasteiger partial charge in [0, 0.05) is 24.5 Å². The van der Waals surface area contributed by atoms with Crippen molar-refractivity contribution in [1.82, 2.24) is 10.3 Å². The zero-order chi connectivity index (χ0) is 13.5. The van der Waals surface area contributed by atoms with E-state index in [1.165, 1.54) is 0 Å². The fourth-order valence-corrected chi connectivity index (χ4v) is 1.96. The molecule has 2 unspecified atom stereocenters. The van der Waals surface area contributed by atoms with E-state index in [0.29, 0.717) is 18.5 Å². The summed E-state index contributed by atoms with van der Waals surface area (Å²) in [4.78, 5) is 16.0. The highest BCUT2D eigenvalue weighted by Crippen LogP contribution is 2.09. The van der Waals surface area contributed by atoms with Gasteiger partial charge in [0.1, 0.15) is 0 Å². The number of aromatic nitrogens is 1. The molecule has 4 heteroatoms. The Labute approximate surface area is 108 Å². The van der Waals surface area contributed by atoms with E-state index >= 15 is 0 Å². The quantitative estimate of drug-likeness (QED) is 0.809. The van der Waals surface area contributed by atoms with Crippen LogP contribution < -0.4 is 5.32 Å². The van der Waals surface area contributed by atoms with E-state index < -0.39 is 0 Å². The zero-order valence-electron chi connectivity index (χ0n) is 11.3. The topological polar surface area (TPSA) is 62.2 Å². The largest absolute Gasteiger partial charge is 0.393 e. The van der Waals surface area contributed by atoms with E-state index in [9.17, 15) is 9.90 Å². The summed E-state index contributed by atoms with van der Waals surface area (Å²) in [6.45, 7) is 6.36. The van der Waals surface area contributed by atoms with Crippen LogP contribution in [0.4, 0.5) is 0 Å². The van der Waals surface area contributed by atoms with Crippen LogP contribution in [0, 0.1) is 5.92 Å². The van der Waals surface area contributed by atoms with Crippen LogP contribution in [0.25, 0.3) is 0 Å². The smallest absolute Gasteiger partial charge is 0.251 e. The van der Waals surface area contributed by atoms with Gasteiger partial charge in [-0.2, -0.15) is 0 Å². The molecule has 1 aromatic heterocycles. The minimum atomic E-state index is -0.330. The fraction of sp³-hybridized carbons (Fsp3) is 0.571. The predicted octanol–water partition coefficient (Wildman–Crippen LogP) is 1.78. The molecule has 0 bridgehead atoms. The summed E-state index contributed by atoms with van der Waals surface area (Å²) in [6, 6.07) is 1.74. The highest BCUT2D eigenvalue weighted by Gasteiger charge is 2.12. The van der Waals surface area contributed by atoms with Crippen LogP contribution >= 0.6 is 0 Å². The number of carbonyl (C=O) groups excluding carboxylic acids is 1. The lowest BCUT2D eigenvalue weighted by Crippen LogP contribution is -2.30. The Morgan fingerprint density at radius 1 is 1.50 bits per heavy atom. The Kier molecular flexibility index (Phi) is 5.78. The van der Waals surface area contributed by atoms with Gasteiger partial charge in [-0.05, 0) is 37.3 Å². The Balaban J connectivity index is 2.55. The average Bonchev–Trinajstić information content (AvgIpc) is 2.35. The molecule has 2 atom stereocenters. The third-order valence-electron chi connectivity index (χ3n) is 2.88. The summed E-state index contributed by atoms with van der Waals surface area (Å²) in [5.74, 6) is 0.201. The fourth-order valence-electron chi connectivity index (χ4n) is 1.96. The van der Waals surface area contributed by atoms with Crippen LogP contribution in [0.2, 0.25) is 0 Å². The number of rotatable bonds is 6. The molecular formula is C14H22N2O2. The maximum Gasteiger partial charge on any atom is 0.251 e. The van der Waals surface area contributed by atoms with Crippen LogP contribution in [0.5, 0.6) is 0 Å². The van der Waals surface area contributed by atoms with Gasteiger partial charge in [0.2, 0.25) is 0 Å². The number of hydrogen-bond donors (Lipinski definition) is 2. The standard InChI is InChI=1S/C14H22N2O2/c1-4-12-9-15-6-5-13(12)14(18)16-8-10(2)7-11(3)17/h5-6,9-11,17H,4,7-8H2,1-3H3,(H,16,18). The lowest BCUT2D eigenvalue weighted by Gasteiger charge is -2.15. The summed E-state index contributed by atoms with van der Waals surface area (Å²) in [7, 11) is 0. The second-order valence-corrected chi connectivity index (χ2v) is 4.79. The molecule has 0 saturated carbocycles. The summed E-state index contributed by atoms with van der Waals surface area (Å²) < 4.78 is 0. The number of aliphatic hydroxyl groups excluding tert-OH is 1. The summed E-state index contributed by atoms with van der Waals surface area (Å²) in [6.07, 6.45) is 4.52. The van der Waals surface area contributed by atoms with E-state index in [-0.39, 0.29) is 17.9 Å². The molecule has 1 amide bonds.